The summed E-state index contributed by atoms with van der Waals surface area (Å²) < 4.78 is 2.41. The number of Topliss-reactive ketones (excluding diaryl/α,β-unsaturated/α-hetero) is 1. The maximum atomic E-state index is 13.1. The highest BCUT2D eigenvalue weighted by molar-refractivity contribution is 7.10. The summed E-state index contributed by atoms with van der Waals surface area (Å²) in [5.41, 5.74) is 0.751. The van der Waals surface area contributed by atoms with E-state index < -0.39 is 0 Å². The second kappa shape index (κ2) is 10.7. The first-order chi connectivity index (χ1) is 17.3. The fourth-order valence-corrected chi connectivity index (χ4v) is 7.85. The normalized spacial score (nSPS) is 25.5. The van der Waals surface area contributed by atoms with Crippen LogP contribution < -0.4 is 5.32 Å². The summed E-state index contributed by atoms with van der Waals surface area (Å²) in [6, 6.07) is 3.58. The molecule has 3 aliphatic rings. The number of hydrogen-bond acceptors (Lipinski definition) is 6. The van der Waals surface area contributed by atoms with Crippen molar-refractivity contribution in [2.24, 2.45) is 5.92 Å². The van der Waals surface area contributed by atoms with Gasteiger partial charge in [0.05, 0.1) is 6.04 Å². The Morgan fingerprint density at radius 3 is 2.39 bits per heavy atom. The van der Waals surface area contributed by atoms with Gasteiger partial charge in [-0.15, -0.1) is 21.5 Å². The van der Waals surface area contributed by atoms with Crippen molar-refractivity contribution >= 4 is 23.0 Å². The third kappa shape index (κ3) is 5.17. The van der Waals surface area contributed by atoms with E-state index in [1.54, 1.807) is 18.3 Å². The summed E-state index contributed by atoms with van der Waals surface area (Å²) in [7, 11) is 0. The Morgan fingerprint density at radius 1 is 1.08 bits per heavy atom. The minimum atomic E-state index is -0.0269. The van der Waals surface area contributed by atoms with E-state index in [1.165, 1.54) is 12.8 Å². The molecule has 3 atom stereocenters. The van der Waals surface area contributed by atoms with Crippen molar-refractivity contribution in [3.8, 4) is 0 Å². The van der Waals surface area contributed by atoms with E-state index in [1.807, 2.05) is 11.4 Å². The van der Waals surface area contributed by atoms with Gasteiger partial charge in [-0.1, -0.05) is 26.7 Å². The molecule has 7 nitrogen and oxygen atoms in total. The van der Waals surface area contributed by atoms with Gasteiger partial charge in [-0.2, -0.15) is 0 Å². The van der Waals surface area contributed by atoms with Crippen LogP contribution in [0.25, 0.3) is 0 Å². The predicted octanol–water partition coefficient (Wildman–Crippen LogP) is 5.58. The van der Waals surface area contributed by atoms with E-state index in [4.69, 9.17) is 0 Å². The zero-order valence-corrected chi connectivity index (χ0v) is 23.0. The molecule has 3 fully saturated rings. The smallest absolute Gasteiger partial charge is 0.223 e. The molecule has 4 heterocycles. The summed E-state index contributed by atoms with van der Waals surface area (Å²) >= 11 is 1.61. The highest BCUT2D eigenvalue weighted by Gasteiger charge is 2.42. The molecule has 196 valence electrons. The van der Waals surface area contributed by atoms with Crippen molar-refractivity contribution < 1.29 is 9.59 Å². The van der Waals surface area contributed by atoms with Crippen LogP contribution in [0, 0.1) is 12.8 Å². The fourth-order valence-electron chi connectivity index (χ4n) is 6.81. The van der Waals surface area contributed by atoms with Crippen molar-refractivity contribution in [2.75, 3.05) is 6.54 Å². The molecule has 1 saturated carbocycles. The summed E-state index contributed by atoms with van der Waals surface area (Å²) in [4.78, 5) is 28.8. The quantitative estimate of drug-likeness (QED) is 0.445. The van der Waals surface area contributed by atoms with Gasteiger partial charge in [0.2, 0.25) is 5.91 Å². The molecule has 36 heavy (non-hydrogen) atoms. The Balaban J connectivity index is 1.28. The van der Waals surface area contributed by atoms with Gasteiger partial charge in [0, 0.05) is 52.3 Å². The number of ketones is 1. The Kier molecular flexibility index (Phi) is 7.63. The first kappa shape index (κ1) is 25.6. The van der Waals surface area contributed by atoms with Gasteiger partial charge in [0.1, 0.15) is 11.6 Å². The van der Waals surface area contributed by atoms with Crippen molar-refractivity contribution in [1.82, 2.24) is 25.0 Å². The predicted molar refractivity (Wildman–Crippen MR) is 142 cm³/mol. The Hall–Kier alpha value is -2.06. The number of nitrogens with one attached hydrogen (secondary N) is 1. The number of aromatic nitrogens is 3. The molecule has 2 aliphatic heterocycles. The van der Waals surface area contributed by atoms with Crippen LogP contribution in [0.15, 0.2) is 11.4 Å². The second-order valence-electron chi connectivity index (χ2n) is 11.5. The average Bonchev–Trinajstić information content (AvgIpc) is 3.63. The lowest BCUT2D eigenvalue weighted by atomic mass is 9.95. The molecule has 2 saturated heterocycles. The molecule has 2 bridgehead atoms. The molecule has 0 spiro atoms. The minimum absolute atomic E-state index is 0.0269. The zero-order chi connectivity index (χ0) is 25.4. The van der Waals surface area contributed by atoms with E-state index in [0.717, 1.165) is 73.6 Å². The SMILES string of the molecule is CC(=O)c1csc([C@H](CCN2C3CCC2CC(n2c(C)nnc2C(C)C)C3)NC(=O)C2CCCC2)c1. The van der Waals surface area contributed by atoms with Crippen molar-refractivity contribution in [3.05, 3.63) is 33.5 Å². The van der Waals surface area contributed by atoms with Crippen LogP contribution in [-0.4, -0.2) is 50.0 Å². The van der Waals surface area contributed by atoms with Gasteiger partial charge >= 0.3 is 0 Å². The monoisotopic (exact) mass is 511 g/mol. The Labute approximate surface area is 219 Å². The number of hydrogen-bond donors (Lipinski definition) is 1. The number of rotatable bonds is 9. The first-order valence-electron chi connectivity index (χ1n) is 13.9. The molecular formula is C28H41N5O2S. The van der Waals surface area contributed by atoms with Crippen molar-refractivity contribution in [3.63, 3.8) is 0 Å². The molecule has 2 aromatic heterocycles. The van der Waals surface area contributed by atoms with Gasteiger partial charge < -0.3 is 9.88 Å². The van der Waals surface area contributed by atoms with Gasteiger partial charge in [-0.3, -0.25) is 14.5 Å². The lowest BCUT2D eigenvalue weighted by Gasteiger charge is -2.40. The van der Waals surface area contributed by atoms with Crippen molar-refractivity contribution in [1.29, 1.82) is 0 Å². The molecule has 1 aliphatic carbocycles. The summed E-state index contributed by atoms with van der Waals surface area (Å²) in [5.74, 6) is 2.94. The largest absolute Gasteiger partial charge is 0.348 e. The van der Waals surface area contributed by atoms with E-state index in [0.29, 0.717) is 24.0 Å². The summed E-state index contributed by atoms with van der Waals surface area (Å²) in [6.45, 7) is 9.07. The number of amides is 1. The van der Waals surface area contributed by atoms with Gasteiger partial charge in [0.15, 0.2) is 5.78 Å². The van der Waals surface area contributed by atoms with E-state index in [2.05, 4.69) is 45.8 Å². The van der Waals surface area contributed by atoms with E-state index in [9.17, 15) is 9.59 Å². The second-order valence-corrected chi connectivity index (χ2v) is 12.4. The molecule has 5 rings (SSSR count). The molecule has 1 N–H and O–H groups in total. The number of fused-ring (bicyclic) bond motifs is 2. The molecule has 0 radical (unpaired) electrons. The van der Waals surface area contributed by atoms with Crippen molar-refractivity contribution in [2.45, 2.75) is 116 Å². The molecule has 2 aromatic rings. The van der Waals surface area contributed by atoms with Crippen LogP contribution in [0.5, 0.6) is 0 Å². The molecule has 1 amide bonds. The maximum absolute atomic E-state index is 13.1. The lowest BCUT2D eigenvalue weighted by Crippen LogP contribution is -2.45. The Morgan fingerprint density at radius 2 is 1.78 bits per heavy atom. The number of piperidine rings is 1. The van der Waals surface area contributed by atoms with Crippen LogP contribution in [-0.2, 0) is 4.79 Å². The van der Waals surface area contributed by atoms with Crippen LogP contribution in [0.3, 0.4) is 0 Å². The number of nitrogens with zero attached hydrogens (tertiary/aromatic N) is 4. The zero-order valence-electron chi connectivity index (χ0n) is 22.2. The maximum Gasteiger partial charge on any atom is 0.223 e. The third-order valence-electron chi connectivity index (χ3n) is 8.72. The molecular weight excluding hydrogens is 470 g/mol. The van der Waals surface area contributed by atoms with Gasteiger partial charge in [0.25, 0.3) is 0 Å². The standard InChI is InChI=1S/C28H41N5O2S/c1-17(2)27-31-30-19(4)33(27)24-14-22-9-10-23(15-24)32(22)12-11-25(26-13-21(16-36-26)18(3)34)29-28(35)20-7-5-6-8-20/h13,16-17,20,22-25H,5-12,14-15H2,1-4H3,(H,29,35)/t22?,23?,24?,25-/m0/s1. The van der Waals surface area contributed by atoms with Gasteiger partial charge in [-0.05, 0) is 64.9 Å². The lowest BCUT2D eigenvalue weighted by molar-refractivity contribution is -0.125. The Bertz CT molecular complexity index is 1070. The third-order valence-corrected chi connectivity index (χ3v) is 9.77. The topological polar surface area (TPSA) is 80.1 Å². The number of carbonyl (C=O) groups excluding carboxylic acids is 2. The highest BCUT2D eigenvalue weighted by atomic mass is 32.1. The van der Waals surface area contributed by atoms with E-state index in [-0.39, 0.29) is 23.7 Å². The summed E-state index contributed by atoms with van der Waals surface area (Å²) in [5, 5.41) is 14.2. The number of aryl methyl sites for hydroxylation is 1. The number of carbonyl (C=O) groups is 2. The summed E-state index contributed by atoms with van der Waals surface area (Å²) in [6.07, 6.45) is 9.95. The first-order valence-corrected chi connectivity index (χ1v) is 14.8. The molecule has 8 heteroatoms. The average molecular weight is 512 g/mol. The number of thiophene rings is 1. The van der Waals surface area contributed by atoms with Crippen LogP contribution >= 0.6 is 11.3 Å². The van der Waals surface area contributed by atoms with Gasteiger partial charge in [-0.25, -0.2) is 0 Å². The van der Waals surface area contributed by atoms with Crippen LogP contribution in [0.1, 0.15) is 123 Å². The molecule has 2 unspecified atom stereocenters. The van der Waals surface area contributed by atoms with Crippen LogP contribution in [0.2, 0.25) is 0 Å². The highest BCUT2D eigenvalue weighted by Crippen LogP contribution is 2.42. The minimum Gasteiger partial charge on any atom is -0.348 e. The van der Waals surface area contributed by atoms with Crippen LogP contribution in [0.4, 0.5) is 0 Å². The fraction of sp³-hybridized carbons (Fsp3) is 0.714. The molecule has 0 aromatic carbocycles. The van der Waals surface area contributed by atoms with E-state index >= 15 is 0 Å².